The molecule has 150 valence electrons. The zero-order chi connectivity index (χ0) is 19.9. The van der Waals surface area contributed by atoms with Crippen molar-refractivity contribution < 1.29 is 24.1 Å². The van der Waals surface area contributed by atoms with Crippen molar-refractivity contribution in [2.45, 2.75) is 38.5 Å². The van der Waals surface area contributed by atoms with E-state index in [0.29, 0.717) is 30.0 Å². The molecule has 1 heterocycles. The highest BCUT2D eigenvalue weighted by Crippen LogP contribution is 2.33. The van der Waals surface area contributed by atoms with Crippen LogP contribution in [0, 0.1) is 0 Å². The van der Waals surface area contributed by atoms with Gasteiger partial charge in [0.2, 0.25) is 6.79 Å². The lowest BCUT2D eigenvalue weighted by molar-refractivity contribution is -0.00217. The SMILES string of the molecule is CC(C)NCC(O)COC(Cc1ccc2c(c1)OCO2)C(=O)c1ccccc1. The van der Waals surface area contributed by atoms with E-state index in [1.54, 1.807) is 12.1 Å². The number of ether oxygens (including phenoxy) is 3. The molecule has 0 saturated carbocycles. The van der Waals surface area contributed by atoms with Crippen LogP contribution in [0.25, 0.3) is 0 Å². The number of benzene rings is 2. The second-order valence-electron chi connectivity index (χ2n) is 7.16. The Balaban J connectivity index is 1.69. The summed E-state index contributed by atoms with van der Waals surface area (Å²) in [6, 6.07) is 14.9. The Morgan fingerprint density at radius 1 is 1.14 bits per heavy atom. The summed E-state index contributed by atoms with van der Waals surface area (Å²) in [5.74, 6) is 1.26. The molecule has 0 amide bonds. The van der Waals surface area contributed by atoms with Crippen LogP contribution in [0.4, 0.5) is 0 Å². The molecule has 6 nitrogen and oxygen atoms in total. The third-order valence-corrected chi connectivity index (χ3v) is 4.46. The van der Waals surface area contributed by atoms with Crippen LogP contribution < -0.4 is 14.8 Å². The monoisotopic (exact) mass is 385 g/mol. The molecular weight excluding hydrogens is 358 g/mol. The average molecular weight is 385 g/mol. The van der Waals surface area contributed by atoms with Crippen LogP contribution in [0.3, 0.4) is 0 Å². The fraction of sp³-hybridized carbons (Fsp3) is 0.409. The van der Waals surface area contributed by atoms with Crippen LogP contribution >= 0.6 is 0 Å². The number of aliphatic hydroxyl groups is 1. The van der Waals surface area contributed by atoms with Crippen LogP contribution in [0.5, 0.6) is 11.5 Å². The summed E-state index contributed by atoms with van der Waals surface area (Å²) in [5.41, 5.74) is 1.50. The summed E-state index contributed by atoms with van der Waals surface area (Å²) in [6.07, 6.45) is -1.00. The fourth-order valence-corrected chi connectivity index (χ4v) is 2.96. The molecule has 28 heavy (non-hydrogen) atoms. The number of carbonyl (C=O) groups is 1. The van der Waals surface area contributed by atoms with Gasteiger partial charge in [-0.2, -0.15) is 0 Å². The Morgan fingerprint density at radius 3 is 2.64 bits per heavy atom. The second-order valence-corrected chi connectivity index (χ2v) is 7.16. The molecule has 6 heteroatoms. The zero-order valence-corrected chi connectivity index (χ0v) is 16.3. The first kappa shape index (κ1) is 20.3. The van der Waals surface area contributed by atoms with E-state index in [0.717, 1.165) is 5.56 Å². The lowest BCUT2D eigenvalue weighted by Gasteiger charge is -2.20. The minimum Gasteiger partial charge on any atom is -0.454 e. The largest absolute Gasteiger partial charge is 0.454 e. The van der Waals surface area contributed by atoms with Gasteiger partial charge in [0, 0.05) is 24.6 Å². The Kier molecular flexibility index (Phi) is 7.03. The van der Waals surface area contributed by atoms with Crippen LogP contribution in [0.1, 0.15) is 29.8 Å². The van der Waals surface area contributed by atoms with Gasteiger partial charge in [0.15, 0.2) is 17.3 Å². The summed E-state index contributed by atoms with van der Waals surface area (Å²) >= 11 is 0. The molecule has 1 aliphatic rings. The average Bonchev–Trinajstić information content (AvgIpc) is 3.17. The third kappa shape index (κ3) is 5.55. The maximum Gasteiger partial charge on any atom is 0.231 e. The molecule has 0 radical (unpaired) electrons. The quantitative estimate of drug-likeness (QED) is 0.612. The maximum atomic E-state index is 13.0. The van der Waals surface area contributed by atoms with Gasteiger partial charge in [0.25, 0.3) is 0 Å². The Labute approximate surface area is 165 Å². The van der Waals surface area contributed by atoms with Gasteiger partial charge >= 0.3 is 0 Å². The Bertz CT molecular complexity index is 778. The number of Topliss-reactive ketones (excluding diaryl/α,β-unsaturated/α-hetero) is 1. The summed E-state index contributed by atoms with van der Waals surface area (Å²) in [6.45, 7) is 4.71. The number of ketones is 1. The van der Waals surface area contributed by atoms with E-state index in [-0.39, 0.29) is 25.2 Å². The van der Waals surface area contributed by atoms with Crippen molar-refractivity contribution >= 4 is 5.78 Å². The molecule has 0 saturated heterocycles. The molecule has 0 bridgehead atoms. The van der Waals surface area contributed by atoms with E-state index < -0.39 is 12.2 Å². The normalized spacial score (nSPS) is 14.9. The molecule has 2 N–H and O–H groups in total. The lowest BCUT2D eigenvalue weighted by atomic mass is 9.99. The predicted molar refractivity (Wildman–Crippen MR) is 106 cm³/mol. The number of carbonyl (C=O) groups excluding carboxylic acids is 1. The molecule has 0 aliphatic carbocycles. The Morgan fingerprint density at radius 2 is 1.89 bits per heavy atom. The number of aliphatic hydroxyl groups excluding tert-OH is 1. The summed E-state index contributed by atoms with van der Waals surface area (Å²) in [5, 5.41) is 13.3. The van der Waals surface area contributed by atoms with Gasteiger partial charge in [0.1, 0.15) is 6.10 Å². The van der Waals surface area contributed by atoms with Crippen LogP contribution in [-0.2, 0) is 11.2 Å². The van der Waals surface area contributed by atoms with Crippen molar-refractivity contribution in [3.63, 3.8) is 0 Å². The lowest BCUT2D eigenvalue weighted by Crippen LogP contribution is -2.37. The number of hydrogen-bond acceptors (Lipinski definition) is 6. The molecular formula is C22H27NO5. The van der Waals surface area contributed by atoms with Gasteiger partial charge < -0.3 is 24.6 Å². The minimum absolute atomic E-state index is 0.0769. The first-order valence-corrected chi connectivity index (χ1v) is 9.53. The standard InChI is InChI=1S/C22H27NO5/c1-15(2)23-12-18(24)13-26-21(22(25)17-6-4-3-5-7-17)11-16-8-9-19-20(10-16)28-14-27-19/h3-10,15,18,21,23-24H,11-14H2,1-2H3. The topological polar surface area (TPSA) is 77.0 Å². The van der Waals surface area contributed by atoms with Crippen molar-refractivity contribution in [1.29, 1.82) is 0 Å². The molecule has 1 aliphatic heterocycles. The van der Waals surface area contributed by atoms with Crippen molar-refractivity contribution in [2.75, 3.05) is 19.9 Å². The molecule has 0 fully saturated rings. The van der Waals surface area contributed by atoms with E-state index in [1.807, 2.05) is 50.2 Å². The predicted octanol–water partition coefficient (Wildman–Crippen LogP) is 2.58. The second kappa shape index (κ2) is 9.68. The number of fused-ring (bicyclic) bond motifs is 1. The fourth-order valence-electron chi connectivity index (χ4n) is 2.96. The first-order chi connectivity index (χ1) is 13.5. The van der Waals surface area contributed by atoms with Gasteiger partial charge in [-0.1, -0.05) is 50.2 Å². The van der Waals surface area contributed by atoms with Gasteiger partial charge in [-0.3, -0.25) is 4.79 Å². The molecule has 2 aromatic rings. The van der Waals surface area contributed by atoms with Crippen LogP contribution in [0.15, 0.2) is 48.5 Å². The maximum absolute atomic E-state index is 13.0. The summed E-state index contributed by atoms with van der Waals surface area (Å²) < 4.78 is 16.6. The van der Waals surface area contributed by atoms with Crippen molar-refractivity contribution in [2.24, 2.45) is 0 Å². The van der Waals surface area contributed by atoms with Gasteiger partial charge in [0.05, 0.1) is 12.7 Å². The van der Waals surface area contributed by atoms with Crippen molar-refractivity contribution in [3.05, 3.63) is 59.7 Å². The highest BCUT2D eigenvalue weighted by Gasteiger charge is 2.24. The zero-order valence-electron chi connectivity index (χ0n) is 16.3. The summed E-state index contributed by atoms with van der Waals surface area (Å²) in [4.78, 5) is 13.0. The molecule has 2 aromatic carbocycles. The van der Waals surface area contributed by atoms with Crippen molar-refractivity contribution in [1.82, 2.24) is 5.32 Å². The van der Waals surface area contributed by atoms with Gasteiger partial charge in [-0.25, -0.2) is 0 Å². The number of rotatable bonds is 10. The summed E-state index contributed by atoms with van der Waals surface area (Å²) in [7, 11) is 0. The smallest absolute Gasteiger partial charge is 0.231 e. The first-order valence-electron chi connectivity index (χ1n) is 9.53. The van der Waals surface area contributed by atoms with Crippen LogP contribution in [-0.4, -0.2) is 49.1 Å². The van der Waals surface area contributed by atoms with E-state index in [2.05, 4.69) is 5.32 Å². The van der Waals surface area contributed by atoms with Gasteiger partial charge in [-0.15, -0.1) is 0 Å². The van der Waals surface area contributed by atoms with Gasteiger partial charge in [-0.05, 0) is 17.7 Å². The van der Waals surface area contributed by atoms with E-state index in [9.17, 15) is 9.90 Å². The number of nitrogens with one attached hydrogen (secondary N) is 1. The van der Waals surface area contributed by atoms with E-state index >= 15 is 0 Å². The van der Waals surface area contributed by atoms with E-state index in [1.165, 1.54) is 0 Å². The Hall–Kier alpha value is -2.41. The molecule has 2 atom stereocenters. The van der Waals surface area contributed by atoms with Crippen LogP contribution in [0.2, 0.25) is 0 Å². The van der Waals surface area contributed by atoms with Crippen molar-refractivity contribution in [3.8, 4) is 11.5 Å². The third-order valence-electron chi connectivity index (χ3n) is 4.46. The molecule has 0 spiro atoms. The van der Waals surface area contributed by atoms with E-state index in [4.69, 9.17) is 14.2 Å². The molecule has 3 rings (SSSR count). The minimum atomic E-state index is -0.698. The molecule has 2 unspecified atom stereocenters. The number of hydrogen-bond donors (Lipinski definition) is 2. The highest BCUT2D eigenvalue weighted by atomic mass is 16.7. The highest BCUT2D eigenvalue weighted by molar-refractivity contribution is 5.99. The molecule has 0 aromatic heterocycles.